The van der Waals surface area contributed by atoms with Crippen molar-refractivity contribution in [3.63, 3.8) is 0 Å². The summed E-state index contributed by atoms with van der Waals surface area (Å²) >= 11 is 1.58. The first-order valence-corrected chi connectivity index (χ1v) is 10.9. The summed E-state index contributed by atoms with van der Waals surface area (Å²) in [5.74, 6) is 1.55. The molecule has 0 radical (unpaired) electrons. The van der Waals surface area contributed by atoms with Crippen molar-refractivity contribution in [1.82, 2.24) is 9.80 Å². The number of thioether (sulfide) groups is 1. The minimum atomic E-state index is -0.0913. The van der Waals surface area contributed by atoms with Crippen LogP contribution in [0.4, 0.5) is 0 Å². The molecular formula is C23H28N2O4S. The first-order chi connectivity index (χ1) is 14.4. The summed E-state index contributed by atoms with van der Waals surface area (Å²) in [5, 5.41) is 0. The third-order valence-electron chi connectivity index (χ3n) is 5.25. The van der Waals surface area contributed by atoms with Crippen molar-refractivity contribution in [1.29, 1.82) is 0 Å². The molecule has 0 aromatic heterocycles. The largest absolute Gasteiger partial charge is 0.497 e. The molecule has 7 heteroatoms. The van der Waals surface area contributed by atoms with Gasteiger partial charge < -0.3 is 19.3 Å². The van der Waals surface area contributed by atoms with Crippen LogP contribution in [0, 0.1) is 13.8 Å². The van der Waals surface area contributed by atoms with E-state index in [2.05, 4.69) is 32.0 Å². The fourth-order valence-corrected chi connectivity index (χ4v) is 4.42. The lowest BCUT2D eigenvalue weighted by Gasteiger charge is -2.35. The number of rotatable bonds is 6. The molecule has 0 bridgehead atoms. The summed E-state index contributed by atoms with van der Waals surface area (Å²) < 4.78 is 10.6. The minimum absolute atomic E-state index is 0.0913. The van der Waals surface area contributed by atoms with Gasteiger partial charge in [0.15, 0.2) is 0 Å². The molecule has 2 amide bonds. The van der Waals surface area contributed by atoms with E-state index in [4.69, 9.17) is 9.47 Å². The Balaban J connectivity index is 1.56. The van der Waals surface area contributed by atoms with E-state index < -0.39 is 0 Å². The van der Waals surface area contributed by atoms with Crippen LogP contribution < -0.4 is 9.47 Å². The number of piperazine rings is 1. The van der Waals surface area contributed by atoms with Gasteiger partial charge in [0.2, 0.25) is 5.91 Å². The number of methoxy groups -OCH3 is 2. The average molecular weight is 429 g/mol. The summed E-state index contributed by atoms with van der Waals surface area (Å²) in [5.41, 5.74) is 2.88. The molecule has 0 saturated carbocycles. The quantitative estimate of drug-likeness (QED) is 0.660. The monoisotopic (exact) mass is 428 g/mol. The van der Waals surface area contributed by atoms with E-state index in [9.17, 15) is 9.59 Å². The maximum absolute atomic E-state index is 12.9. The van der Waals surface area contributed by atoms with E-state index >= 15 is 0 Å². The van der Waals surface area contributed by atoms with Crippen molar-refractivity contribution in [2.75, 3.05) is 46.2 Å². The molecule has 3 rings (SSSR count). The highest BCUT2D eigenvalue weighted by molar-refractivity contribution is 8.00. The highest BCUT2D eigenvalue weighted by Crippen LogP contribution is 2.27. The van der Waals surface area contributed by atoms with E-state index in [0.29, 0.717) is 49.0 Å². The van der Waals surface area contributed by atoms with Gasteiger partial charge in [-0.25, -0.2) is 0 Å². The molecule has 160 valence electrons. The second-order valence-corrected chi connectivity index (χ2v) is 8.31. The zero-order valence-electron chi connectivity index (χ0n) is 17.9. The van der Waals surface area contributed by atoms with E-state index in [-0.39, 0.29) is 11.8 Å². The Labute approximate surface area is 182 Å². The molecule has 1 aliphatic heterocycles. The number of aryl methyl sites for hydroxylation is 2. The van der Waals surface area contributed by atoms with Crippen molar-refractivity contribution in [2.24, 2.45) is 0 Å². The molecule has 0 atom stereocenters. The number of benzene rings is 2. The van der Waals surface area contributed by atoms with Gasteiger partial charge in [-0.3, -0.25) is 9.59 Å². The van der Waals surface area contributed by atoms with Crippen LogP contribution in [0.15, 0.2) is 41.3 Å². The molecule has 2 aromatic rings. The molecule has 1 aliphatic rings. The standard InChI is InChI=1S/C23H28N2O4S/c1-16-5-6-17(2)21(13-16)30-15-22(26)24-9-11-25(12-10-24)23(27)19-8-7-18(28-3)14-20(19)29-4/h5-8,13-14H,9-12,15H2,1-4H3. The number of carbonyl (C=O) groups excluding carboxylic acids is 2. The number of ether oxygens (including phenoxy) is 2. The number of hydrogen-bond donors (Lipinski definition) is 0. The van der Waals surface area contributed by atoms with Gasteiger partial charge in [-0.1, -0.05) is 17.7 Å². The lowest BCUT2D eigenvalue weighted by molar-refractivity contribution is -0.129. The Morgan fingerprint density at radius 2 is 1.63 bits per heavy atom. The van der Waals surface area contributed by atoms with Crippen LogP contribution in [0.1, 0.15) is 21.5 Å². The maximum Gasteiger partial charge on any atom is 0.257 e. The smallest absolute Gasteiger partial charge is 0.257 e. The summed E-state index contributed by atoms with van der Waals surface area (Å²) in [4.78, 5) is 30.3. The Hall–Kier alpha value is -2.67. The summed E-state index contributed by atoms with van der Waals surface area (Å²) in [6.45, 7) is 6.21. The molecule has 0 spiro atoms. The fourth-order valence-electron chi connectivity index (χ4n) is 3.40. The van der Waals surface area contributed by atoms with Crippen LogP contribution in [0.5, 0.6) is 11.5 Å². The van der Waals surface area contributed by atoms with Crippen molar-refractivity contribution >= 4 is 23.6 Å². The van der Waals surface area contributed by atoms with Crippen LogP contribution in [0.25, 0.3) is 0 Å². The number of nitrogens with zero attached hydrogens (tertiary/aromatic N) is 2. The molecule has 6 nitrogen and oxygen atoms in total. The van der Waals surface area contributed by atoms with Crippen molar-refractivity contribution in [2.45, 2.75) is 18.7 Å². The zero-order valence-corrected chi connectivity index (χ0v) is 18.8. The number of carbonyl (C=O) groups is 2. The summed E-state index contributed by atoms with van der Waals surface area (Å²) in [6, 6.07) is 11.5. The van der Waals surface area contributed by atoms with Crippen molar-refractivity contribution in [3.05, 3.63) is 53.1 Å². The van der Waals surface area contributed by atoms with Crippen LogP contribution in [0.2, 0.25) is 0 Å². The Morgan fingerprint density at radius 3 is 2.30 bits per heavy atom. The van der Waals surface area contributed by atoms with Gasteiger partial charge in [-0.2, -0.15) is 0 Å². The van der Waals surface area contributed by atoms with Gasteiger partial charge in [0.1, 0.15) is 11.5 Å². The third kappa shape index (κ3) is 5.08. The molecule has 1 fully saturated rings. The van der Waals surface area contributed by atoms with Crippen LogP contribution >= 0.6 is 11.8 Å². The highest BCUT2D eigenvalue weighted by Gasteiger charge is 2.26. The van der Waals surface area contributed by atoms with Crippen molar-refractivity contribution in [3.8, 4) is 11.5 Å². The average Bonchev–Trinajstić information content (AvgIpc) is 2.78. The fraction of sp³-hybridized carbons (Fsp3) is 0.391. The second kappa shape index (κ2) is 9.89. The van der Waals surface area contributed by atoms with Gasteiger partial charge in [0.05, 0.1) is 25.5 Å². The Kier molecular flexibility index (Phi) is 7.26. The van der Waals surface area contributed by atoms with Crippen molar-refractivity contribution < 1.29 is 19.1 Å². The lowest BCUT2D eigenvalue weighted by Crippen LogP contribution is -2.51. The molecule has 2 aromatic carbocycles. The summed E-state index contributed by atoms with van der Waals surface area (Å²) in [7, 11) is 3.11. The molecule has 1 heterocycles. The van der Waals surface area contributed by atoms with Crippen LogP contribution in [-0.2, 0) is 4.79 Å². The van der Waals surface area contributed by atoms with Gasteiger partial charge in [0, 0.05) is 37.1 Å². The van der Waals surface area contributed by atoms with E-state index in [1.807, 2.05) is 4.90 Å². The van der Waals surface area contributed by atoms with Crippen LogP contribution in [-0.4, -0.2) is 67.8 Å². The predicted octanol–water partition coefficient (Wildman–Crippen LogP) is 3.40. The first kappa shape index (κ1) is 22.0. The van der Waals surface area contributed by atoms with Gasteiger partial charge in [-0.15, -0.1) is 11.8 Å². The van der Waals surface area contributed by atoms with E-state index in [0.717, 1.165) is 4.90 Å². The Morgan fingerprint density at radius 1 is 0.933 bits per heavy atom. The molecule has 0 aliphatic carbocycles. The zero-order chi connectivity index (χ0) is 21.7. The maximum atomic E-state index is 12.9. The van der Waals surface area contributed by atoms with Gasteiger partial charge in [0.25, 0.3) is 5.91 Å². The molecule has 1 saturated heterocycles. The van der Waals surface area contributed by atoms with Crippen LogP contribution in [0.3, 0.4) is 0 Å². The highest BCUT2D eigenvalue weighted by atomic mass is 32.2. The first-order valence-electron chi connectivity index (χ1n) is 9.92. The Bertz CT molecular complexity index is 923. The number of hydrogen-bond acceptors (Lipinski definition) is 5. The molecule has 0 N–H and O–H groups in total. The SMILES string of the molecule is COc1ccc(C(=O)N2CCN(C(=O)CSc3cc(C)ccc3C)CC2)c(OC)c1. The molecule has 30 heavy (non-hydrogen) atoms. The van der Waals surface area contributed by atoms with E-state index in [1.165, 1.54) is 18.2 Å². The predicted molar refractivity (Wildman–Crippen MR) is 119 cm³/mol. The summed E-state index contributed by atoms with van der Waals surface area (Å²) in [6.07, 6.45) is 0. The topological polar surface area (TPSA) is 59.1 Å². The van der Waals surface area contributed by atoms with Gasteiger partial charge in [-0.05, 0) is 37.6 Å². The molecular weight excluding hydrogens is 400 g/mol. The number of amides is 2. The molecule has 0 unspecified atom stereocenters. The normalized spacial score (nSPS) is 13.9. The minimum Gasteiger partial charge on any atom is -0.497 e. The second-order valence-electron chi connectivity index (χ2n) is 7.30. The van der Waals surface area contributed by atoms with E-state index in [1.54, 1.807) is 42.0 Å². The lowest BCUT2D eigenvalue weighted by atomic mass is 10.1. The third-order valence-corrected chi connectivity index (χ3v) is 6.40. The van der Waals surface area contributed by atoms with Gasteiger partial charge >= 0.3 is 0 Å².